The van der Waals surface area contributed by atoms with Crippen LogP contribution in [0.2, 0.25) is 0 Å². The van der Waals surface area contributed by atoms with Crippen molar-refractivity contribution in [1.29, 1.82) is 0 Å². The quantitative estimate of drug-likeness (QED) is 0.886. The van der Waals surface area contributed by atoms with E-state index in [1.807, 2.05) is 4.90 Å². The largest absolute Gasteiger partial charge is 0.352 e. The predicted octanol–water partition coefficient (Wildman–Crippen LogP) is 1.76. The topological polar surface area (TPSA) is 67.2 Å². The lowest BCUT2D eigenvalue weighted by Crippen LogP contribution is -2.58. The summed E-state index contributed by atoms with van der Waals surface area (Å²) in [6, 6.07) is 6.03. The van der Waals surface area contributed by atoms with Crippen molar-refractivity contribution in [3.8, 4) is 0 Å². The zero-order chi connectivity index (χ0) is 18.5. The van der Waals surface area contributed by atoms with Crippen molar-refractivity contribution >= 4 is 11.8 Å². The summed E-state index contributed by atoms with van der Waals surface area (Å²) in [5, 5.41) is 2.98. The number of likely N-dealkylation sites (tertiary alicyclic amines) is 1. The lowest BCUT2D eigenvalue weighted by molar-refractivity contribution is -0.137. The van der Waals surface area contributed by atoms with Crippen LogP contribution in [0.15, 0.2) is 43.0 Å². The van der Waals surface area contributed by atoms with Crippen molar-refractivity contribution in [2.24, 2.45) is 0 Å². The summed E-state index contributed by atoms with van der Waals surface area (Å²) >= 11 is 0. The molecule has 0 radical (unpaired) electrons. The molecule has 1 fully saturated rings. The molecular weight excluding hydrogens is 335 g/mol. The van der Waals surface area contributed by atoms with Gasteiger partial charge in [-0.25, -0.2) is 9.37 Å². The molecule has 0 saturated carbocycles. The van der Waals surface area contributed by atoms with E-state index in [0.29, 0.717) is 13.0 Å². The van der Waals surface area contributed by atoms with Crippen molar-refractivity contribution in [3.63, 3.8) is 0 Å². The fraction of sp³-hybridized carbons (Fsp3) is 0.421. The van der Waals surface area contributed by atoms with E-state index in [2.05, 4.69) is 10.3 Å². The Kier molecular flexibility index (Phi) is 5.65. The molecule has 0 aliphatic carbocycles. The molecule has 6 nitrogen and oxygen atoms in total. The van der Waals surface area contributed by atoms with E-state index in [1.165, 1.54) is 19.1 Å². The summed E-state index contributed by atoms with van der Waals surface area (Å²) in [5.74, 6) is -0.406. The van der Waals surface area contributed by atoms with Gasteiger partial charge in [0, 0.05) is 31.9 Å². The second-order valence-electron chi connectivity index (χ2n) is 6.67. The molecular formula is C19H23FN4O2. The maximum atomic E-state index is 13.2. The third-order valence-electron chi connectivity index (χ3n) is 4.72. The standard InChI is InChI=1S/C19H23FN4O2/c1-14(25)22-17-3-2-9-24(19(26)12-23-10-8-21-13-23)18(17)11-15-4-6-16(20)7-5-15/h4-8,10,13,17-18H,2-3,9,11-12H2,1H3,(H,22,25)/t17-,18-/m0/s1. The van der Waals surface area contributed by atoms with Gasteiger partial charge in [-0.1, -0.05) is 12.1 Å². The van der Waals surface area contributed by atoms with Gasteiger partial charge < -0.3 is 14.8 Å². The third kappa shape index (κ3) is 4.47. The minimum absolute atomic E-state index is 0.00911. The zero-order valence-corrected chi connectivity index (χ0v) is 14.8. The van der Waals surface area contributed by atoms with E-state index in [-0.39, 0.29) is 36.3 Å². The van der Waals surface area contributed by atoms with Crippen molar-refractivity contribution in [2.75, 3.05) is 6.54 Å². The molecule has 26 heavy (non-hydrogen) atoms. The summed E-state index contributed by atoms with van der Waals surface area (Å²) in [6.45, 7) is 2.35. The molecule has 1 aromatic carbocycles. The molecule has 1 aliphatic rings. The lowest BCUT2D eigenvalue weighted by Gasteiger charge is -2.42. The number of carbonyl (C=O) groups excluding carboxylic acids is 2. The van der Waals surface area contributed by atoms with E-state index < -0.39 is 0 Å². The number of imidazole rings is 1. The highest BCUT2D eigenvalue weighted by atomic mass is 19.1. The van der Waals surface area contributed by atoms with E-state index in [4.69, 9.17) is 0 Å². The Morgan fingerprint density at radius 3 is 2.73 bits per heavy atom. The molecule has 0 unspecified atom stereocenters. The van der Waals surface area contributed by atoms with Gasteiger partial charge in [0.25, 0.3) is 0 Å². The summed E-state index contributed by atoms with van der Waals surface area (Å²) < 4.78 is 14.9. The van der Waals surface area contributed by atoms with Crippen LogP contribution in [-0.2, 0) is 22.6 Å². The number of hydrogen-bond donors (Lipinski definition) is 1. The average Bonchev–Trinajstić information content (AvgIpc) is 3.10. The second-order valence-corrected chi connectivity index (χ2v) is 6.67. The number of benzene rings is 1. The van der Waals surface area contributed by atoms with Gasteiger partial charge in [-0.3, -0.25) is 9.59 Å². The number of halogens is 1. The number of hydrogen-bond acceptors (Lipinski definition) is 3. The number of aromatic nitrogens is 2. The molecule has 0 spiro atoms. The fourth-order valence-corrected chi connectivity index (χ4v) is 3.54. The first-order chi connectivity index (χ1) is 12.5. The molecule has 2 atom stereocenters. The smallest absolute Gasteiger partial charge is 0.242 e. The molecule has 2 aromatic rings. The molecule has 0 bridgehead atoms. The average molecular weight is 358 g/mol. The third-order valence-corrected chi connectivity index (χ3v) is 4.72. The Morgan fingerprint density at radius 2 is 2.08 bits per heavy atom. The first-order valence-corrected chi connectivity index (χ1v) is 8.79. The summed E-state index contributed by atoms with van der Waals surface area (Å²) in [4.78, 5) is 30.3. The Labute approximate surface area is 152 Å². The normalized spacial score (nSPS) is 20.0. The minimum Gasteiger partial charge on any atom is -0.352 e. The van der Waals surface area contributed by atoms with Crippen LogP contribution in [0.4, 0.5) is 4.39 Å². The van der Waals surface area contributed by atoms with Gasteiger partial charge in [0.05, 0.1) is 12.4 Å². The van der Waals surface area contributed by atoms with Gasteiger partial charge in [-0.15, -0.1) is 0 Å². The predicted molar refractivity (Wildman–Crippen MR) is 94.7 cm³/mol. The fourth-order valence-electron chi connectivity index (χ4n) is 3.54. The maximum absolute atomic E-state index is 13.2. The number of nitrogens with zero attached hydrogens (tertiary/aromatic N) is 3. The second kappa shape index (κ2) is 8.12. The molecule has 7 heteroatoms. The van der Waals surface area contributed by atoms with Crippen molar-refractivity contribution in [2.45, 2.75) is 44.8 Å². The Morgan fingerprint density at radius 1 is 1.31 bits per heavy atom. The van der Waals surface area contributed by atoms with E-state index >= 15 is 0 Å². The van der Waals surface area contributed by atoms with Crippen LogP contribution < -0.4 is 5.32 Å². The SMILES string of the molecule is CC(=O)N[C@H]1CCCN(C(=O)Cn2ccnc2)[C@H]1Cc1ccc(F)cc1. The summed E-state index contributed by atoms with van der Waals surface area (Å²) in [7, 11) is 0. The van der Waals surface area contributed by atoms with Crippen LogP contribution >= 0.6 is 0 Å². The number of rotatable bonds is 5. The van der Waals surface area contributed by atoms with Crippen LogP contribution in [0, 0.1) is 5.82 Å². The minimum atomic E-state index is -0.288. The van der Waals surface area contributed by atoms with Crippen LogP contribution in [0.3, 0.4) is 0 Å². The highest BCUT2D eigenvalue weighted by molar-refractivity contribution is 5.77. The Balaban J connectivity index is 1.80. The number of nitrogens with one attached hydrogen (secondary N) is 1. The Hall–Kier alpha value is -2.70. The molecule has 1 aromatic heterocycles. The van der Waals surface area contributed by atoms with Crippen molar-refractivity contribution in [1.82, 2.24) is 19.8 Å². The van der Waals surface area contributed by atoms with Gasteiger partial charge in [0.15, 0.2) is 0 Å². The molecule has 2 amide bonds. The molecule has 138 valence electrons. The lowest BCUT2D eigenvalue weighted by atomic mass is 9.90. The molecule has 1 saturated heterocycles. The summed E-state index contributed by atoms with van der Waals surface area (Å²) in [6.07, 6.45) is 7.23. The van der Waals surface area contributed by atoms with Crippen LogP contribution in [0.1, 0.15) is 25.3 Å². The maximum Gasteiger partial charge on any atom is 0.242 e. The molecule has 3 rings (SSSR count). The Bertz CT molecular complexity index is 745. The van der Waals surface area contributed by atoms with Crippen LogP contribution in [-0.4, -0.2) is 44.9 Å². The van der Waals surface area contributed by atoms with Gasteiger partial charge in [0.1, 0.15) is 12.4 Å². The number of piperidine rings is 1. The number of amides is 2. The van der Waals surface area contributed by atoms with Crippen molar-refractivity contribution < 1.29 is 14.0 Å². The molecule has 2 heterocycles. The molecule has 1 aliphatic heterocycles. The number of carbonyl (C=O) groups is 2. The van der Waals surface area contributed by atoms with Crippen LogP contribution in [0.5, 0.6) is 0 Å². The van der Waals surface area contributed by atoms with Gasteiger partial charge >= 0.3 is 0 Å². The zero-order valence-electron chi connectivity index (χ0n) is 14.8. The van der Waals surface area contributed by atoms with E-state index in [1.54, 1.807) is 35.4 Å². The van der Waals surface area contributed by atoms with Gasteiger partial charge in [-0.2, -0.15) is 0 Å². The highest BCUT2D eigenvalue weighted by Gasteiger charge is 2.34. The van der Waals surface area contributed by atoms with Crippen molar-refractivity contribution in [3.05, 3.63) is 54.4 Å². The van der Waals surface area contributed by atoms with E-state index in [9.17, 15) is 14.0 Å². The van der Waals surface area contributed by atoms with E-state index in [0.717, 1.165) is 18.4 Å². The van der Waals surface area contributed by atoms with Gasteiger partial charge in [0.2, 0.25) is 11.8 Å². The van der Waals surface area contributed by atoms with Crippen LogP contribution in [0.25, 0.3) is 0 Å². The summed E-state index contributed by atoms with van der Waals surface area (Å²) in [5.41, 5.74) is 0.939. The molecule has 1 N–H and O–H groups in total. The first kappa shape index (κ1) is 18.1. The highest BCUT2D eigenvalue weighted by Crippen LogP contribution is 2.22. The van der Waals surface area contributed by atoms with Gasteiger partial charge in [-0.05, 0) is 37.0 Å². The monoisotopic (exact) mass is 358 g/mol. The first-order valence-electron chi connectivity index (χ1n) is 8.79.